The molecule has 0 unspecified atom stereocenters. The van der Waals surface area contributed by atoms with E-state index in [9.17, 15) is 0 Å². The molecule has 0 aliphatic carbocycles. The number of aromatic nitrogens is 1. The maximum Gasteiger partial charge on any atom is 0.185 e. The molecule has 0 aliphatic rings. The molecule has 4 nitrogen and oxygen atoms in total. The van der Waals surface area contributed by atoms with Crippen LogP contribution in [0, 0.1) is 5.41 Å². The van der Waals surface area contributed by atoms with Crippen molar-refractivity contribution < 1.29 is 0 Å². The Hall–Kier alpha value is -1.36. The molecular weight excluding hydrogens is 256 g/mol. The number of rotatable bonds is 4. The molecule has 106 valence electrons. The van der Waals surface area contributed by atoms with Gasteiger partial charge in [-0.1, -0.05) is 26.8 Å². The van der Waals surface area contributed by atoms with Crippen molar-refractivity contribution in [1.29, 1.82) is 0 Å². The summed E-state index contributed by atoms with van der Waals surface area (Å²) in [6, 6.07) is 5.65. The van der Waals surface area contributed by atoms with Crippen molar-refractivity contribution in [2.75, 3.05) is 5.43 Å². The van der Waals surface area contributed by atoms with Gasteiger partial charge in [0.15, 0.2) is 5.11 Å². The highest BCUT2D eigenvalue weighted by Crippen LogP contribution is 2.26. The van der Waals surface area contributed by atoms with Gasteiger partial charge in [-0.25, -0.2) is 4.98 Å². The van der Waals surface area contributed by atoms with E-state index in [4.69, 9.17) is 12.2 Å². The highest BCUT2D eigenvalue weighted by molar-refractivity contribution is 7.80. The molecule has 0 bridgehead atoms. The van der Waals surface area contributed by atoms with Gasteiger partial charge in [0.05, 0.1) is 0 Å². The van der Waals surface area contributed by atoms with Crippen LogP contribution in [0.3, 0.4) is 0 Å². The van der Waals surface area contributed by atoms with E-state index in [2.05, 4.69) is 55.8 Å². The number of nitrogens with one attached hydrogen (secondary N) is 3. The quantitative estimate of drug-likeness (QED) is 0.584. The van der Waals surface area contributed by atoms with E-state index >= 15 is 0 Å². The summed E-state index contributed by atoms with van der Waals surface area (Å²) in [7, 11) is 0. The van der Waals surface area contributed by atoms with Crippen LogP contribution in [0.25, 0.3) is 0 Å². The van der Waals surface area contributed by atoms with E-state index < -0.39 is 0 Å². The average Bonchev–Trinajstić information content (AvgIpc) is 2.23. The molecule has 0 atom stereocenters. The fourth-order valence-electron chi connectivity index (χ4n) is 2.27. The Morgan fingerprint density at radius 3 is 2.42 bits per heavy atom. The van der Waals surface area contributed by atoms with Crippen molar-refractivity contribution in [2.24, 2.45) is 5.41 Å². The number of thiocarbonyl (C=S) groups is 1. The summed E-state index contributed by atoms with van der Waals surface area (Å²) < 4.78 is 0. The molecule has 0 radical (unpaired) electrons. The molecule has 1 rings (SSSR count). The van der Waals surface area contributed by atoms with Gasteiger partial charge in [0, 0.05) is 11.7 Å². The topological polar surface area (TPSA) is 49.0 Å². The van der Waals surface area contributed by atoms with Gasteiger partial charge in [-0.2, -0.15) is 0 Å². The highest BCUT2D eigenvalue weighted by Gasteiger charge is 2.25. The Kier molecular flexibility index (Phi) is 5.11. The number of anilines is 1. The Morgan fingerprint density at radius 1 is 1.21 bits per heavy atom. The van der Waals surface area contributed by atoms with Gasteiger partial charge in [0.25, 0.3) is 0 Å². The Balaban J connectivity index is 2.43. The summed E-state index contributed by atoms with van der Waals surface area (Å²) in [5.74, 6) is 0.736. The van der Waals surface area contributed by atoms with Crippen molar-refractivity contribution in [1.82, 2.24) is 15.7 Å². The van der Waals surface area contributed by atoms with Crippen LogP contribution in [0.5, 0.6) is 0 Å². The molecule has 0 saturated heterocycles. The summed E-state index contributed by atoms with van der Waals surface area (Å²) in [6.07, 6.45) is 2.75. The van der Waals surface area contributed by atoms with Gasteiger partial charge >= 0.3 is 0 Å². The molecule has 0 saturated carbocycles. The summed E-state index contributed by atoms with van der Waals surface area (Å²) in [6.45, 7) is 11.0. The minimum Gasteiger partial charge on any atom is -0.356 e. The van der Waals surface area contributed by atoms with E-state index in [1.54, 1.807) is 6.20 Å². The normalized spacial score (nSPS) is 11.8. The fourth-order valence-corrected chi connectivity index (χ4v) is 2.59. The second kappa shape index (κ2) is 6.19. The lowest BCUT2D eigenvalue weighted by molar-refractivity contribution is 0.267. The molecule has 0 spiro atoms. The molecule has 3 N–H and O–H groups in total. The predicted octanol–water partition coefficient (Wildman–Crippen LogP) is 3.09. The van der Waals surface area contributed by atoms with Crippen LogP contribution < -0.4 is 16.2 Å². The molecule has 1 heterocycles. The third kappa shape index (κ3) is 6.96. The van der Waals surface area contributed by atoms with Crippen LogP contribution in [-0.4, -0.2) is 15.6 Å². The van der Waals surface area contributed by atoms with Crippen LogP contribution in [0.15, 0.2) is 24.4 Å². The monoisotopic (exact) mass is 280 g/mol. The van der Waals surface area contributed by atoms with Crippen molar-refractivity contribution in [3.05, 3.63) is 24.4 Å². The summed E-state index contributed by atoms with van der Waals surface area (Å²) in [4.78, 5) is 4.15. The van der Waals surface area contributed by atoms with E-state index in [1.807, 2.05) is 18.2 Å². The van der Waals surface area contributed by atoms with Gasteiger partial charge in [0.1, 0.15) is 5.82 Å². The minimum absolute atomic E-state index is 0.0614. The van der Waals surface area contributed by atoms with Crippen molar-refractivity contribution in [3.63, 3.8) is 0 Å². The van der Waals surface area contributed by atoms with Crippen LogP contribution in [0.1, 0.15) is 41.0 Å². The van der Waals surface area contributed by atoms with Crippen LogP contribution >= 0.6 is 12.2 Å². The second-order valence-corrected chi connectivity index (χ2v) is 6.95. The fraction of sp³-hybridized carbons (Fsp3) is 0.571. The number of hydrogen-bond acceptors (Lipinski definition) is 3. The number of hydrogen-bond donors (Lipinski definition) is 3. The standard InChI is InChI=1S/C14H24N4S/c1-13(2,3)10-14(4,5)16-12(19)18-17-11-8-6-7-9-15-11/h6-9H,10H2,1-5H3,(H,15,17)(H2,16,18,19). The molecule has 0 amide bonds. The smallest absolute Gasteiger partial charge is 0.185 e. The zero-order valence-electron chi connectivity index (χ0n) is 12.4. The first-order chi connectivity index (χ1) is 8.68. The van der Waals surface area contributed by atoms with Crippen molar-refractivity contribution in [3.8, 4) is 0 Å². The second-order valence-electron chi connectivity index (χ2n) is 6.54. The Bertz CT molecular complexity index is 409. The predicted molar refractivity (Wildman–Crippen MR) is 84.9 cm³/mol. The van der Waals surface area contributed by atoms with Gasteiger partial charge < -0.3 is 5.32 Å². The van der Waals surface area contributed by atoms with Crippen LogP contribution in [-0.2, 0) is 0 Å². The zero-order valence-corrected chi connectivity index (χ0v) is 13.2. The van der Waals surface area contributed by atoms with E-state index in [-0.39, 0.29) is 11.0 Å². The van der Waals surface area contributed by atoms with Crippen molar-refractivity contribution >= 4 is 23.1 Å². The molecule has 1 aromatic heterocycles. The van der Waals surface area contributed by atoms with Crippen LogP contribution in [0.4, 0.5) is 5.82 Å². The lowest BCUT2D eigenvalue weighted by atomic mass is 9.82. The third-order valence-electron chi connectivity index (χ3n) is 2.39. The van der Waals surface area contributed by atoms with Gasteiger partial charge in [0.2, 0.25) is 0 Å². The Labute approximate surface area is 121 Å². The summed E-state index contributed by atoms with van der Waals surface area (Å²) >= 11 is 5.28. The van der Waals surface area contributed by atoms with Gasteiger partial charge in [-0.3, -0.25) is 10.9 Å². The summed E-state index contributed by atoms with van der Waals surface area (Å²) in [5, 5.41) is 3.88. The number of pyridine rings is 1. The van der Waals surface area contributed by atoms with E-state index in [0.29, 0.717) is 5.11 Å². The van der Waals surface area contributed by atoms with E-state index in [0.717, 1.165) is 12.2 Å². The summed E-state index contributed by atoms with van der Waals surface area (Å²) in [5.41, 5.74) is 6.10. The molecule has 1 aromatic rings. The first kappa shape index (κ1) is 15.7. The average molecular weight is 280 g/mol. The third-order valence-corrected chi connectivity index (χ3v) is 2.60. The first-order valence-corrected chi connectivity index (χ1v) is 6.84. The van der Waals surface area contributed by atoms with Crippen molar-refractivity contribution in [2.45, 2.75) is 46.6 Å². The lowest BCUT2D eigenvalue weighted by Gasteiger charge is -2.34. The molecule has 0 aliphatic heterocycles. The zero-order chi connectivity index (χ0) is 14.5. The molecular formula is C14H24N4S. The molecule has 5 heteroatoms. The van der Waals surface area contributed by atoms with Gasteiger partial charge in [-0.05, 0) is 50.0 Å². The van der Waals surface area contributed by atoms with E-state index in [1.165, 1.54) is 0 Å². The number of hydrazine groups is 1. The maximum absolute atomic E-state index is 5.28. The molecule has 19 heavy (non-hydrogen) atoms. The maximum atomic E-state index is 5.28. The highest BCUT2D eigenvalue weighted by atomic mass is 32.1. The van der Waals surface area contributed by atoms with Crippen LogP contribution in [0.2, 0.25) is 0 Å². The molecule has 0 fully saturated rings. The molecule has 0 aromatic carbocycles. The Morgan fingerprint density at radius 2 is 1.89 bits per heavy atom. The first-order valence-electron chi connectivity index (χ1n) is 6.43. The minimum atomic E-state index is -0.0614. The number of nitrogens with zero attached hydrogens (tertiary/aromatic N) is 1. The van der Waals surface area contributed by atoms with Gasteiger partial charge in [-0.15, -0.1) is 0 Å². The SMILES string of the molecule is CC(C)(C)CC(C)(C)NC(=S)NNc1ccccn1. The largest absolute Gasteiger partial charge is 0.356 e. The lowest BCUT2D eigenvalue weighted by Crippen LogP contribution is -2.51.